The van der Waals surface area contributed by atoms with E-state index >= 15 is 0 Å². The molecule has 2 amide bonds. The summed E-state index contributed by atoms with van der Waals surface area (Å²) in [5.41, 5.74) is 0. The van der Waals surface area contributed by atoms with Crippen molar-refractivity contribution in [2.75, 3.05) is 19.6 Å². The number of nitrogens with zero attached hydrogens (tertiary/aromatic N) is 1. The van der Waals surface area contributed by atoms with E-state index < -0.39 is 0 Å². The van der Waals surface area contributed by atoms with Gasteiger partial charge in [0, 0.05) is 12.6 Å². The van der Waals surface area contributed by atoms with Crippen molar-refractivity contribution in [3.63, 3.8) is 0 Å². The van der Waals surface area contributed by atoms with Gasteiger partial charge in [0.15, 0.2) is 0 Å². The Kier molecular flexibility index (Phi) is 4.56. The first-order chi connectivity index (χ1) is 9.10. The minimum absolute atomic E-state index is 0.00766. The zero-order valence-electron chi connectivity index (χ0n) is 10.2. The van der Waals surface area contributed by atoms with Gasteiger partial charge in [0.05, 0.1) is 23.1 Å². The lowest BCUT2D eigenvalue weighted by Crippen LogP contribution is -2.58. The van der Waals surface area contributed by atoms with Gasteiger partial charge in [-0.2, -0.15) is 0 Å². The first kappa shape index (κ1) is 14.0. The zero-order chi connectivity index (χ0) is 13.8. The van der Waals surface area contributed by atoms with Gasteiger partial charge < -0.3 is 15.0 Å². The number of likely N-dealkylation sites (tertiary alicyclic amines) is 1. The van der Waals surface area contributed by atoms with Gasteiger partial charge >= 0.3 is 6.03 Å². The van der Waals surface area contributed by atoms with Crippen molar-refractivity contribution in [2.24, 2.45) is 0 Å². The summed E-state index contributed by atoms with van der Waals surface area (Å²) >= 11 is 11.7. The molecule has 0 aromatic heterocycles. The van der Waals surface area contributed by atoms with Crippen molar-refractivity contribution in [1.29, 1.82) is 0 Å². The molecule has 1 N–H and O–H groups in total. The highest BCUT2D eigenvalue weighted by Gasteiger charge is 2.32. The normalized spacial score (nSPS) is 14.7. The predicted octanol–water partition coefficient (Wildman–Crippen LogP) is 2.95. The van der Waals surface area contributed by atoms with E-state index in [4.69, 9.17) is 27.9 Å². The molecule has 1 fully saturated rings. The highest BCUT2D eigenvalue weighted by Crippen LogP contribution is 2.27. The van der Waals surface area contributed by atoms with Gasteiger partial charge in [-0.1, -0.05) is 29.3 Å². The van der Waals surface area contributed by atoms with Crippen LogP contribution in [-0.4, -0.2) is 36.7 Å². The van der Waals surface area contributed by atoms with Crippen molar-refractivity contribution < 1.29 is 9.53 Å². The number of benzene rings is 1. The van der Waals surface area contributed by atoms with E-state index in [0.717, 1.165) is 0 Å². The van der Waals surface area contributed by atoms with Gasteiger partial charge in [0.25, 0.3) is 0 Å². The second-order valence-corrected chi connectivity index (χ2v) is 5.01. The number of amides is 2. The third-order valence-corrected chi connectivity index (χ3v) is 3.47. The van der Waals surface area contributed by atoms with E-state index in [1.807, 2.05) is 0 Å². The molecule has 1 heterocycles. The second-order valence-electron chi connectivity index (χ2n) is 4.20. The fourth-order valence-electron chi connectivity index (χ4n) is 1.69. The molecule has 4 nitrogen and oxygen atoms in total. The van der Waals surface area contributed by atoms with Crippen molar-refractivity contribution in [1.82, 2.24) is 10.2 Å². The topological polar surface area (TPSA) is 41.6 Å². The highest BCUT2D eigenvalue weighted by molar-refractivity contribution is 6.42. The third kappa shape index (κ3) is 3.55. The Morgan fingerprint density at radius 2 is 2.21 bits per heavy atom. The van der Waals surface area contributed by atoms with E-state index in [2.05, 4.69) is 11.9 Å². The van der Waals surface area contributed by atoms with E-state index in [0.29, 0.717) is 35.4 Å². The quantitative estimate of drug-likeness (QED) is 0.869. The van der Waals surface area contributed by atoms with Crippen LogP contribution < -0.4 is 10.1 Å². The van der Waals surface area contributed by atoms with E-state index in [1.165, 1.54) is 0 Å². The molecule has 1 aromatic carbocycles. The number of hydrogen-bond acceptors (Lipinski definition) is 2. The Morgan fingerprint density at radius 1 is 1.47 bits per heavy atom. The summed E-state index contributed by atoms with van der Waals surface area (Å²) in [5.74, 6) is 0.658. The Bertz CT molecular complexity index is 488. The summed E-state index contributed by atoms with van der Waals surface area (Å²) in [7, 11) is 0. The average molecular weight is 301 g/mol. The number of carbonyl (C=O) groups excluding carboxylic acids is 1. The van der Waals surface area contributed by atoms with Crippen LogP contribution >= 0.6 is 23.2 Å². The SMILES string of the molecule is C=CCNC(=O)N1CC(Oc2ccc(Cl)c(Cl)c2)C1. The van der Waals surface area contributed by atoms with Crippen LogP contribution in [0.4, 0.5) is 4.79 Å². The molecular weight excluding hydrogens is 287 g/mol. The molecule has 19 heavy (non-hydrogen) atoms. The predicted molar refractivity (Wildman–Crippen MR) is 76.0 cm³/mol. The minimum atomic E-state index is -0.103. The van der Waals surface area contributed by atoms with Crippen LogP contribution in [0.2, 0.25) is 10.0 Å². The smallest absolute Gasteiger partial charge is 0.317 e. The average Bonchev–Trinajstić information content (AvgIpc) is 2.34. The van der Waals surface area contributed by atoms with Crippen molar-refractivity contribution in [2.45, 2.75) is 6.10 Å². The summed E-state index contributed by atoms with van der Waals surface area (Å²) in [6.07, 6.45) is 1.63. The Labute approximate surface area is 121 Å². The molecule has 0 aliphatic carbocycles. The Morgan fingerprint density at radius 3 is 2.84 bits per heavy atom. The molecule has 0 radical (unpaired) electrons. The highest BCUT2D eigenvalue weighted by atomic mass is 35.5. The van der Waals surface area contributed by atoms with Crippen LogP contribution in [-0.2, 0) is 0 Å². The molecule has 1 aliphatic heterocycles. The number of halogens is 2. The van der Waals surface area contributed by atoms with Crippen LogP contribution in [0.25, 0.3) is 0 Å². The molecule has 102 valence electrons. The molecule has 1 aromatic rings. The van der Waals surface area contributed by atoms with Gasteiger partial charge in [-0.3, -0.25) is 0 Å². The second kappa shape index (κ2) is 6.17. The molecule has 2 rings (SSSR count). The standard InChI is InChI=1S/C13H14Cl2N2O2/c1-2-5-16-13(18)17-7-10(8-17)19-9-3-4-11(14)12(15)6-9/h2-4,6,10H,1,5,7-8H2,(H,16,18). The molecule has 0 saturated carbocycles. The van der Waals surface area contributed by atoms with E-state index in [1.54, 1.807) is 29.2 Å². The molecule has 1 saturated heterocycles. The number of urea groups is 1. The van der Waals surface area contributed by atoms with Crippen LogP contribution in [0.1, 0.15) is 0 Å². The van der Waals surface area contributed by atoms with Gasteiger partial charge in [0.2, 0.25) is 0 Å². The number of nitrogens with one attached hydrogen (secondary N) is 1. The lowest BCUT2D eigenvalue weighted by Gasteiger charge is -2.38. The Hall–Kier alpha value is -1.39. The van der Waals surface area contributed by atoms with Gasteiger partial charge in [-0.25, -0.2) is 4.79 Å². The summed E-state index contributed by atoms with van der Waals surface area (Å²) < 4.78 is 5.69. The first-order valence-corrected chi connectivity index (χ1v) is 6.61. The molecular formula is C13H14Cl2N2O2. The zero-order valence-corrected chi connectivity index (χ0v) is 11.7. The van der Waals surface area contributed by atoms with Crippen molar-refractivity contribution in [3.8, 4) is 5.75 Å². The maximum Gasteiger partial charge on any atom is 0.317 e. The Balaban J connectivity index is 1.79. The number of carbonyl (C=O) groups is 1. The van der Waals surface area contributed by atoms with Gasteiger partial charge in [-0.05, 0) is 12.1 Å². The first-order valence-electron chi connectivity index (χ1n) is 5.85. The summed E-state index contributed by atoms with van der Waals surface area (Å²) in [6, 6.07) is 5.01. The minimum Gasteiger partial charge on any atom is -0.487 e. The molecule has 0 unspecified atom stereocenters. The fraction of sp³-hybridized carbons (Fsp3) is 0.308. The van der Waals surface area contributed by atoms with Crippen molar-refractivity contribution in [3.05, 3.63) is 40.9 Å². The number of rotatable bonds is 4. The summed E-state index contributed by atoms with van der Waals surface area (Å²) in [5, 5.41) is 3.66. The third-order valence-electron chi connectivity index (χ3n) is 2.73. The van der Waals surface area contributed by atoms with Crippen LogP contribution in [0.15, 0.2) is 30.9 Å². The van der Waals surface area contributed by atoms with Crippen LogP contribution in [0, 0.1) is 0 Å². The van der Waals surface area contributed by atoms with Gasteiger partial charge in [0.1, 0.15) is 11.9 Å². The molecule has 1 aliphatic rings. The lowest BCUT2D eigenvalue weighted by molar-refractivity contribution is 0.0448. The van der Waals surface area contributed by atoms with Gasteiger partial charge in [-0.15, -0.1) is 6.58 Å². The van der Waals surface area contributed by atoms with E-state index in [-0.39, 0.29) is 12.1 Å². The van der Waals surface area contributed by atoms with Crippen molar-refractivity contribution >= 4 is 29.2 Å². The maximum absolute atomic E-state index is 11.6. The number of ether oxygens (including phenoxy) is 1. The summed E-state index contributed by atoms with van der Waals surface area (Å²) in [6.45, 7) is 5.12. The van der Waals surface area contributed by atoms with Crippen LogP contribution in [0.5, 0.6) is 5.75 Å². The monoisotopic (exact) mass is 300 g/mol. The maximum atomic E-state index is 11.6. The molecule has 0 atom stereocenters. The molecule has 6 heteroatoms. The fourth-order valence-corrected chi connectivity index (χ4v) is 1.98. The lowest BCUT2D eigenvalue weighted by atomic mass is 10.2. The molecule has 0 spiro atoms. The van der Waals surface area contributed by atoms with E-state index in [9.17, 15) is 4.79 Å². The largest absolute Gasteiger partial charge is 0.487 e. The van der Waals surface area contributed by atoms with Crippen LogP contribution in [0.3, 0.4) is 0 Å². The molecule has 0 bridgehead atoms. The number of hydrogen-bond donors (Lipinski definition) is 1. The summed E-state index contributed by atoms with van der Waals surface area (Å²) in [4.78, 5) is 13.2.